The molecule has 0 aromatic carbocycles. The topological polar surface area (TPSA) is 63.2 Å². The lowest BCUT2D eigenvalue weighted by Gasteiger charge is -2.13. The molecule has 1 aliphatic rings. The molecule has 6 heteroatoms. The van der Waals surface area contributed by atoms with Gasteiger partial charge in [-0.1, -0.05) is 0 Å². The van der Waals surface area contributed by atoms with Gasteiger partial charge < -0.3 is 5.32 Å². The molecule has 1 amide bonds. The molecule has 0 aliphatic carbocycles. The minimum Gasteiger partial charge on any atom is -0.354 e. The zero-order valence-corrected chi connectivity index (χ0v) is 8.32. The number of hydrogen-bond donors (Lipinski definition) is 1. The summed E-state index contributed by atoms with van der Waals surface area (Å²) < 4.78 is 22.2. The quantitative estimate of drug-likeness (QED) is 0.622. The van der Waals surface area contributed by atoms with Crippen LogP contribution in [0.3, 0.4) is 0 Å². The monoisotopic (exact) mass is 209 g/mol. The molecule has 0 aromatic rings. The first-order valence-corrected chi connectivity index (χ1v) is 6.63. The first-order chi connectivity index (χ1) is 5.59. The van der Waals surface area contributed by atoms with E-state index in [0.29, 0.717) is 6.41 Å². The Morgan fingerprint density at radius 1 is 1.50 bits per heavy atom. The molecule has 0 unspecified atom stereocenters. The number of hydrogen-bond acceptors (Lipinski definition) is 4. The van der Waals surface area contributed by atoms with Gasteiger partial charge in [-0.15, -0.1) is 0 Å². The summed E-state index contributed by atoms with van der Waals surface area (Å²) in [5.41, 5.74) is 0. The average molecular weight is 209 g/mol. The van der Waals surface area contributed by atoms with Gasteiger partial charge in [-0.25, -0.2) is 8.42 Å². The summed E-state index contributed by atoms with van der Waals surface area (Å²) in [4.78, 5) is 10.1. The summed E-state index contributed by atoms with van der Waals surface area (Å²) in [5, 5.41) is 2.53. The van der Waals surface area contributed by atoms with Crippen molar-refractivity contribution in [2.45, 2.75) is 11.3 Å². The predicted octanol–water partition coefficient (Wildman–Crippen LogP) is -0.739. The summed E-state index contributed by atoms with van der Waals surface area (Å²) in [6.45, 7) is 0. The highest BCUT2D eigenvalue weighted by Gasteiger charge is 2.36. The molecule has 1 aliphatic heterocycles. The second-order valence-corrected chi connectivity index (χ2v) is 5.97. The SMILES string of the molecule is CS[C@H]1CS(=O)(=O)C[C@H]1NC=O. The van der Waals surface area contributed by atoms with Gasteiger partial charge in [0.2, 0.25) is 6.41 Å². The van der Waals surface area contributed by atoms with Crippen molar-refractivity contribution >= 4 is 28.0 Å². The fraction of sp³-hybridized carbons (Fsp3) is 0.833. The van der Waals surface area contributed by atoms with Crippen molar-refractivity contribution < 1.29 is 13.2 Å². The van der Waals surface area contributed by atoms with Crippen LogP contribution >= 0.6 is 11.8 Å². The van der Waals surface area contributed by atoms with Gasteiger partial charge in [0.25, 0.3) is 0 Å². The molecule has 1 N–H and O–H groups in total. The van der Waals surface area contributed by atoms with Crippen LogP contribution in [-0.2, 0) is 14.6 Å². The number of sulfone groups is 1. The highest BCUT2D eigenvalue weighted by molar-refractivity contribution is 8.01. The average Bonchev–Trinajstić information content (AvgIpc) is 2.26. The van der Waals surface area contributed by atoms with Crippen LogP contribution in [0.15, 0.2) is 0 Å². The first kappa shape index (κ1) is 9.85. The maximum absolute atomic E-state index is 11.1. The Hall–Kier alpha value is -0.230. The zero-order valence-electron chi connectivity index (χ0n) is 6.69. The van der Waals surface area contributed by atoms with Gasteiger partial charge in [-0.2, -0.15) is 11.8 Å². The molecule has 1 rings (SSSR count). The third-order valence-electron chi connectivity index (χ3n) is 1.89. The Bertz CT molecular complexity index is 262. The minimum absolute atomic E-state index is 0.0141. The van der Waals surface area contributed by atoms with E-state index in [2.05, 4.69) is 5.32 Å². The van der Waals surface area contributed by atoms with Gasteiger partial charge in [0.1, 0.15) is 0 Å². The van der Waals surface area contributed by atoms with E-state index in [-0.39, 0.29) is 22.8 Å². The van der Waals surface area contributed by atoms with Crippen molar-refractivity contribution in [3.63, 3.8) is 0 Å². The van der Waals surface area contributed by atoms with Gasteiger partial charge >= 0.3 is 0 Å². The molecular formula is C6H11NO3S2. The maximum atomic E-state index is 11.1. The lowest BCUT2D eigenvalue weighted by Crippen LogP contribution is -2.36. The fourth-order valence-corrected chi connectivity index (χ4v) is 4.83. The molecule has 2 atom stereocenters. The summed E-state index contributed by atoms with van der Waals surface area (Å²) in [6.07, 6.45) is 2.42. The molecule has 4 nitrogen and oxygen atoms in total. The summed E-state index contributed by atoms with van der Waals surface area (Å²) in [5.74, 6) is 0.261. The van der Waals surface area contributed by atoms with Crippen molar-refractivity contribution in [1.82, 2.24) is 5.32 Å². The van der Waals surface area contributed by atoms with Crippen LogP contribution in [0.4, 0.5) is 0 Å². The van der Waals surface area contributed by atoms with E-state index in [9.17, 15) is 13.2 Å². The summed E-state index contributed by atoms with van der Waals surface area (Å²) >= 11 is 1.48. The molecule has 0 spiro atoms. The number of nitrogens with one attached hydrogen (secondary N) is 1. The van der Waals surface area contributed by atoms with Crippen LogP contribution in [0.25, 0.3) is 0 Å². The fourth-order valence-electron chi connectivity index (χ4n) is 1.29. The highest BCUT2D eigenvalue weighted by atomic mass is 32.2. The lowest BCUT2D eigenvalue weighted by atomic mass is 10.3. The van der Waals surface area contributed by atoms with Crippen molar-refractivity contribution in [2.24, 2.45) is 0 Å². The Labute approximate surface area is 76.0 Å². The van der Waals surface area contributed by atoms with E-state index in [0.717, 1.165) is 0 Å². The smallest absolute Gasteiger partial charge is 0.207 e. The van der Waals surface area contributed by atoms with Gasteiger partial charge in [-0.3, -0.25) is 4.79 Å². The minimum atomic E-state index is -2.92. The molecule has 0 aromatic heterocycles. The Morgan fingerprint density at radius 3 is 2.67 bits per heavy atom. The number of thioether (sulfide) groups is 1. The standard InChI is InChI=1S/C6H11NO3S2/c1-11-6-3-12(9,10)2-5(6)7-4-8/h4-6H,2-3H2,1H3,(H,7,8)/t5-,6+/m1/s1. The second kappa shape index (κ2) is 3.66. The van der Waals surface area contributed by atoms with E-state index in [1.54, 1.807) is 0 Å². The van der Waals surface area contributed by atoms with E-state index < -0.39 is 9.84 Å². The van der Waals surface area contributed by atoms with Gasteiger partial charge in [0, 0.05) is 5.25 Å². The lowest BCUT2D eigenvalue weighted by molar-refractivity contribution is -0.110. The van der Waals surface area contributed by atoms with E-state index in [1.807, 2.05) is 6.26 Å². The highest BCUT2D eigenvalue weighted by Crippen LogP contribution is 2.22. The van der Waals surface area contributed by atoms with Crippen LogP contribution in [-0.4, -0.2) is 43.9 Å². The molecular weight excluding hydrogens is 198 g/mol. The Balaban J connectivity index is 2.69. The normalized spacial score (nSPS) is 33.1. The molecule has 0 radical (unpaired) electrons. The largest absolute Gasteiger partial charge is 0.354 e. The zero-order chi connectivity index (χ0) is 9.19. The number of carbonyl (C=O) groups is 1. The number of rotatable bonds is 3. The van der Waals surface area contributed by atoms with Crippen LogP contribution in [0.5, 0.6) is 0 Å². The third-order valence-corrected chi connectivity index (χ3v) is 4.93. The van der Waals surface area contributed by atoms with Crippen molar-refractivity contribution in [1.29, 1.82) is 0 Å². The Morgan fingerprint density at radius 2 is 2.17 bits per heavy atom. The van der Waals surface area contributed by atoms with Crippen LogP contribution in [0.1, 0.15) is 0 Å². The first-order valence-electron chi connectivity index (χ1n) is 3.52. The van der Waals surface area contributed by atoms with E-state index in [4.69, 9.17) is 0 Å². The van der Waals surface area contributed by atoms with Gasteiger partial charge in [0.15, 0.2) is 9.84 Å². The van der Waals surface area contributed by atoms with Gasteiger partial charge in [0.05, 0.1) is 17.5 Å². The number of carbonyl (C=O) groups excluding carboxylic acids is 1. The molecule has 0 bridgehead atoms. The molecule has 70 valence electrons. The molecule has 1 fully saturated rings. The third kappa shape index (κ3) is 2.13. The summed E-state index contributed by atoms with van der Waals surface area (Å²) in [6, 6.07) is -0.206. The van der Waals surface area contributed by atoms with Crippen molar-refractivity contribution in [3.8, 4) is 0 Å². The van der Waals surface area contributed by atoms with Crippen LogP contribution in [0.2, 0.25) is 0 Å². The molecule has 1 saturated heterocycles. The summed E-state index contributed by atoms with van der Waals surface area (Å²) in [7, 11) is -2.92. The Kier molecular flexibility index (Phi) is 3.00. The molecule has 1 heterocycles. The molecule has 12 heavy (non-hydrogen) atoms. The maximum Gasteiger partial charge on any atom is 0.207 e. The number of amides is 1. The van der Waals surface area contributed by atoms with Crippen molar-refractivity contribution in [2.75, 3.05) is 17.8 Å². The van der Waals surface area contributed by atoms with Gasteiger partial charge in [-0.05, 0) is 6.26 Å². The van der Waals surface area contributed by atoms with Crippen LogP contribution < -0.4 is 5.32 Å². The van der Waals surface area contributed by atoms with Crippen LogP contribution in [0, 0.1) is 0 Å². The predicted molar refractivity (Wildman–Crippen MR) is 48.9 cm³/mol. The second-order valence-electron chi connectivity index (χ2n) is 2.74. The van der Waals surface area contributed by atoms with Crippen molar-refractivity contribution in [3.05, 3.63) is 0 Å². The van der Waals surface area contributed by atoms with E-state index in [1.165, 1.54) is 11.8 Å². The van der Waals surface area contributed by atoms with E-state index >= 15 is 0 Å². The molecule has 0 saturated carbocycles.